The van der Waals surface area contributed by atoms with Crippen molar-refractivity contribution in [3.05, 3.63) is 36.0 Å². The highest BCUT2D eigenvalue weighted by Gasteiger charge is 2.10. The molecule has 0 aliphatic carbocycles. The van der Waals surface area contributed by atoms with Crippen LogP contribution in [0.1, 0.15) is 5.56 Å². The van der Waals surface area contributed by atoms with E-state index in [1.165, 1.54) is 0 Å². The number of benzene rings is 1. The predicted molar refractivity (Wildman–Crippen MR) is 63.3 cm³/mol. The second kappa shape index (κ2) is 4.81. The zero-order valence-corrected chi connectivity index (χ0v) is 9.45. The Bertz CT molecular complexity index is 465. The molecule has 0 atom stereocenters. The number of hydrogen-bond acceptors (Lipinski definition) is 3. The number of aromatic nitrogens is 2. The highest BCUT2D eigenvalue weighted by Crippen LogP contribution is 2.30. The number of nitrogens with zero attached hydrogens (tertiary/aromatic N) is 1. The summed E-state index contributed by atoms with van der Waals surface area (Å²) in [4.78, 5) is 0. The molecule has 0 bridgehead atoms. The van der Waals surface area contributed by atoms with Gasteiger partial charge >= 0.3 is 0 Å². The summed E-state index contributed by atoms with van der Waals surface area (Å²) < 4.78 is 5.33. The zero-order valence-electron chi connectivity index (χ0n) is 9.45. The fourth-order valence-corrected chi connectivity index (χ4v) is 1.72. The topological polar surface area (TPSA) is 49.9 Å². The normalized spacial score (nSPS) is 10.4. The Morgan fingerprint density at radius 2 is 2.19 bits per heavy atom. The molecule has 84 valence electrons. The lowest BCUT2D eigenvalue weighted by Crippen LogP contribution is -2.05. The first-order valence-electron chi connectivity index (χ1n) is 5.17. The summed E-state index contributed by atoms with van der Waals surface area (Å²) in [5, 5.41) is 10.2. The van der Waals surface area contributed by atoms with Crippen molar-refractivity contribution < 1.29 is 4.74 Å². The number of hydrogen-bond donors (Lipinski definition) is 2. The van der Waals surface area contributed by atoms with Crippen molar-refractivity contribution in [1.82, 2.24) is 15.5 Å². The Kier molecular flexibility index (Phi) is 3.22. The van der Waals surface area contributed by atoms with Gasteiger partial charge in [-0.3, -0.25) is 5.10 Å². The van der Waals surface area contributed by atoms with Crippen LogP contribution in [0, 0.1) is 0 Å². The molecule has 0 radical (unpaired) electrons. The molecule has 2 aromatic rings. The van der Waals surface area contributed by atoms with Gasteiger partial charge in [0.1, 0.15) is 5.75 Å². The van der Waals surface area contributed by atoms with Gasteiger partial charge in [-0.15, -0.1) is 0 Å². The predicted octanol–water partition coefficient (Wildman–Crippen LogP) is 1.80. The third-order valence-electron chi connectivity index (χ3n) is 2.46. The molecule has 0 aliphatic heterocycles. The van der Waals surface area contributed by atoms with E-state index in [1.807, 2.05) is 37.5 Å². The average Bonchev–Trinajstić information content (AvgIpc) is 2.77. The average molecular weight is 217 g/mol. The van der Waals surface area contributed by atoms with Crippen molar-refractivity contribution in [2.45, 2.75) is 6.54 Å². The van der Waals surface area contributed by atoms with Crippen LogP contribution in [0.25, 0.3) is 11.3 Å². The van der Waals surface area contributed by atoms with Crippen LogP contribution in [0.2, 0.25) is 0 Å². The maximum absolute atomic E-state index is 5.33. The molecule has 1 aromatic carbocycles. The van der Waals surface area contributed by atoms with Crippen LogP contribution in [0.5, 0.6) is 5.75 Å². The number of H-pyrrole nitrogens is 1. The molecule has 0 spiro atoms. The summed E-state index contributed by atoms with van der Waals surface area (Å²) in [6, 6.07) is 7.91. The van der Waals surface area contributed by atoms with Crippen LogP contribution in [-0.4, -0.2) is 24.4 Å². The summed E-state index contributed by atoms with van der Waals surface area (Å²) in [6.07, 6.45) is 1.83. The Labute approximate surface area is 94.6 Å². The molecule has 4 nitrogen and oxygen atoms in total. The van der Waals surface area contributed by atoms with Gasteiger partial charge in [-0.1, -0.05) is 12.1 Å². The zero-order chi connectivity index (χ0) is 11.4. The molecule has 2 N–H and O–H groups in total. The maximum atomic E-state index is 5.33. The lowest BCUT2D eigenvalue weighted by molar-refractivity contribution is 0.416. The third kappa shape index (κ3) is 1.92. The molecule has 0 saturated carbocycles. The van der Waals surface area contributed by atoms with Gasteiger partial charge < -0.3 is 10.1 Å². The van der Waals surface area contributed by atoms with Crippen LogP contribution in [0.4, 0.5) is 0 Å². The van der Waals surface area contributed by atoms with Crippen LogP contribution in [-0.2, 0) is 6.54 Å². The van der Waals surface area contributed by atoms with Crippen molar-refractivity contribution in [2.75, 3.05) is 14.2 Å². The van der Waals surface area contributed by atoms with Gasteiger partial charge in [-0.05, 0) is 19.2 Å². The Balaban J connectivity index is 2.45. The van der Waals surface area contributed by atoms with Crippen molar-refractivity contribution in [1.29, 1.82) is 0 Å². The number of para-hydroxylation sites is 1. The largest absolute Gasteiger partial charge is 0.496 e. The van der Waals surface area contributed by atoms with Gasteiger partial charge in [0.15, 0.2) is 0 Å². The van der Waals surface area contributed by atoms with Crippen LogP contribution < -0.4 is 10.1 Å². The summed E-state index contributed by atoms with van der Waals surface area (Å²) >= 11 is 0. The summed E-state index contributed by atoms with van der Waals surface area (Å²) in [5.41, 5.74) is 3.17. The van der Waals surface area contributed by atoms with Crippen molar-refractivity contribution >= 4 is 0 Å². The number of methoxy groups -OCH3 is 1. The molecular formula is C12H15N3O. The molecular weight excluding hydrogens is 202 g/mol. The molecule has 16 heavy (non-hydrogen) atoms. The second-order valence-corrected chi connectivity index (χ2v) is 3.50. The van der Waals surface area contributed by atoms with E-state index in [2.05, 4.69) is 15.5 Å². The molecule has 0 amide bonds. The SMILES string of the molecule is CNCc1cn[nH]c1-c1ccccc1OC. The molecule has 2 rings (SSSR count). The first-order chi connectivity index (χ1) is 7.86. The summed E-state index contributed by atoms with van der Waals surface area (Å²) in [6.45, 7) is 0.782. The lowest BCUT2D eigenvalue weighted by atomic mass is 10.1. The van der Waals surface area contributed by atoms with E-state index < -0.39 is 0 Å². The van der Waals surface area contributed by atoms with Gasteiger partial charge in [-0.2, -0.15) is 5.10 Å². The molecule has 1 heterocycles. The van der Waals surface area contributed by atoms with Crippen molar-refractivity contribution in [3.63, 3.8) is 0 Å². The quantitative estimate of drug-likeness (QED) is 0.821. The third-order valence-corrected chi connectivity index (χ3v) is 2.46. The Morgan fingerprint density at radius 1 is 1.38 bits per heavy atom. The Morgan fingerprint density at radius 3 is 2.94 bits per heavy atom. The van der Waals surface area contributed by atoms with Crippen LogP contribution >= 0.6 is 0 Å². The monoisotopic (exact) mass is 217 g/mol. The van der Waals surface area contributed by atoms with Crippen molar-refractivity contribution in [2.24, 2.45) is 0 Å². The first kappa shape index (κ1) is 10.7. The maximum Gasteiger partial charge on any atom is 0.128 e. The second-order valence-electron chi connectivity index (χ2n) is 3.50. The van der Waals surface area contributed by atoms with E-state index in [9.17, 15) is 0 Å². The lowest BCUT2D eigenvalue weighted by Gasteiger charge is -2.08. The highest BCUT2D eigenvalue weighted by atomic mass is 16.5. The summed E-state index contributed by atoms with van der Waals surface area (Å²) in [7, 11) is 3.59. The molecule has 0 fully saturated rings. The van der Waals surface area contributed by atoms with Gasteiger partial charge in [0.2, 0.25) is 0 Å². The number of ether oxygens (including phenoxy) is 1. The molecule has 0 unspecified atom stereocenters. The van der Waals surface area contributed by atoms with Gasteiger partial charge in [-0.25, -0.2) is 0 Å². The number of rotatable bonds is 4. The smallest absolute Gasteiger partial charge is 0.128 e. The minimum atomic E-state index is 0.782. The number of nitrogens with one attached hydrogen (secondary N) is 2. The molecule has 0 saturated heterocycles. The minimum absolute atomic E-state index is 0.782. The van der Waals surface area contributed by atoms with E-state index in [0.717, 1.165) is 29.1 Å². The molecule has 0 aliphatic rings. The van der Waals surface area contributed by atoms with Crippen molar-refractivity contribution in [3.8, 4) is 17.0 Å². The fraction of sp³-hybridized carbons (Fsp3) is 0.250. The minimum Gasteiger partial charge on any atom is -0.496 e. The van der Waals surface area contributed by atoms with E-state index in [1.54, 1.807) is 7.11 Å². The molecule has 1 aromatic heterocycles. The van der Waals surface area contributed by atoms with E-state index in [-0.39, 0.29) is 0 Å². The van der Waals surface area contributed by atoms with E-state index in [0.29, 0.717) is 0 Å². The van der Waals surface area contributed by atoms with Gasteiger partial charge in [0, 0.05) is 17.7 Å². The van der Waals surface area contributed by atoms with E-state index in [4.69, 9.17) is 4.74 Å². The van der Waals surface area contributed by atoms with Crippen LogP contribution in [0.15, 0.2) is 30.5 Å². The van der Waals surface area contributed by atoms with Gasteiger partial charge in [0.05, 0.1) is 19.0 Å². The molecule has 4 heteroatoms. The van der Waals surface area contributed by atoms with E-state index >= 15 is 0 Å². The highest BCUT2D eigenvalue weighted by molar-refractivity contribution is 5.69. The van der Waals surface area contributed by atoms with Gasteiger partial charge in [0.25, 0.3) is 0 Å². The Hall–Kier alpha value is -1.81. The standard InChI is InChI=1S/C12H15N3O/c1-13-7-9-8-14-15-12(9)10-5-3-4-6-11(10)16-2/h3-6,8,13H,7H2,1-2H3,(H,14,15). The summed E-state index contributed by atoms with van der Waals surface area (Å²) in [5.74, 6) is 0.851. The number of aromatic amines is 1. The fourth-order valence-electron chi connectivity index (χ4n) is 1.72. The van der Waals surface area contributed by atoms with Crippen LogP contribution in [0.3, 0.4) is 0 Å². The first-order valence-corrected chi connectivity index (χ1v) is 5.17.